The molecule has 0 spiro atoms. The Morgan fingerprint density at radius 2 is 2.00 bits per heavy atom. The minimum absolute atomic E-state index is 0.111. The van der Waals surface area contributed by atoms with E-state index in [4.69, 9.17) is 5.11 Å². The molecule has 0 radical (unpaired) electrons. The van der Waals surface area contributed by atoms with Crippen molar-refractivity contribution in [2.75, 3.05) is 4.72 Å². The molecule has 0 fully saturated rings. The van der Waals surface area contributed by atoms with Gasteiger partial charge in [0, 0.05) is 4.88 Å². The number of aromatic hydroxyl groups is 1. The highest BCUT2D eigenvalue weighted by atomic mass is 32.2. The molecule has 0 saturated carbocycles. The lowest BCUT2D eigenvalue weighted by molar-refractivity contribution is 0.0697. The van der Waals surface area contributed by atoms with Crippen molar-refractivity contribution in [3.8, 4) is 5.75 Å². The molecule has 0 unspecified atom stereocenters. The van der Waals surface area contributed by atoms with Crippen molar-refractivity contribution in [3.05, 3.63) is 40.8 Å². The standard InChI is InChI=1S/C13H13NO5S2/c1-2-9-4-6-12(20-9)21(18,19)14-10-7-8(13(16)17)3-5-11(10)15/h3-7,14-15H,2H2,1H3,(H,16,17). The van der Waals surface area contributed by atoms with Crippen LogP contribution in [-0.2, 0) is 16.4 Å². The Balaban J connectivity index is 2.36. The van der Waals surface area contributed by atoms with E-state index in [2.05, 4.69) is 4.72 Å². The Morgan fingerprint density at radius 3 is 2.57 bits per heavy atom. The number of benzene rings is 1. The first kappa shape index (κ1) is 15.3. The summed E-state index contributed by atoms with van der Waals surface area (Å²) in [4.78, 5) is 11.8. The lowest BCUT2D eigenvalue weighted by Gasteiger charge is -2.09. The summed E-state index contributed by atoms with van der Waals surface area (Å²) in [7, 11) is -3.85. The molecule has 0 amide bonds. The van der Waals surface area contributed by atoms with Crippen molar-refractivity contribution in [2.24, 2.45) is 0 Å². The average Bonchev–Trinajstić information content (AvgIpc) is 2.90. The van der Waals surface area contributed by atoms with Crippen LogP contribution < -0.4 is 4.72 Å². The summed E-state index contributed by atoms with van der Waals surface area (Å²) in [6.45, 7) is 1.91. The minimum atomic E-state index is -3.85. The van der Waals surface area contributed by atoms with Crippen LogP contribution in [0.3, 0.4) is 0 Å². The Kier molecular flexibility index (Phi) is 4.19. The number of carboxylic acids is 1. The molecule has 0 aliphatic heterocycles. The molecule has 0 aliphatic rings. The van der Waals surface area contributed by atoms with Gasteiger partial charge >= 0.3 is 5.97 Å². The van der Waals surface area contributed by atoms with Crippen molar-refractivity contribution in [1.29, 1.82) is 0 Å². The second kappa shape index (κ2) is 5.74. The third kappa shape index (κ3) is 3.34. The van der Waals surface area contributed by atoms with Crippen molar-refractivity contribution < 1.29 is 23.4 Å². The van der Waals surface area contributed by atoms with Gasteiger partial charge in [0.05, 0.1) is 11.3 Å². The van der Waals surface area contributed by atoms with Crippen LogP contribution in [0.5, 0.6) is 5.75 Å². The largest absolute Gasteiger partial charge is 0.506 e. The van der Waals surface area contributed by atoms with Crippen LogP contribution in [0.25, 0.3) is 0 Å². The number of aryl methyl sites for hydroxylation is 1. The quantitative estimate of drug-likeness (QED) is 0.732. The van der Waals surface area contributed by atoms with E-state index in [1.165, 1.54) is 12.1 Å². The number of carbonyl (C=O) groups is 1. The van der Waals surface area contributed by atoms with Gasteiger partial charge in [-0.05, 0) is 36.8 Å². The fourth-order valence-corrected chi connectivity index (χ4v) is 4.00. The lowest BCUT2D eigenvalue weighted by Crippen LogP contribution is -2.12. The summed E-state index contributed by atoms with van der Waals surface area (Å²) in [5, 5.41) is 18.6. The van der Waals surface area contributed by atoms with E-state index in [0.717, 1.165) is 34.8 Å². The number of sulfonamides is 1. The average molecular weight is 327 g/mol. The molecule has 2 rings (SSSR count). The number of hydrogen-bond donors (Lipinski definition) is 3. The third-order valence-electron chi connectivity index (χ3n) is 2.74. The number of carboxylic acid groups (broad SMARTS) is 1. The molecule has 0 bridgehead atoms. The fraction of sp³-hybridized carbons (Fsp3) is 0.154. The van der Waals surface area contributed by atoms with E-state index in [-0.39, 0.29) is 21.2 Å². The first-order valence-electron chi connectivity index (χ1n) is 6.01. The normalized spacial score (nSPS) is 11.3. The van der Waals surface area contributed by atoms with Crippen LogP contribution >= 0.6 is 11.3 Å². The Morgan fingerprint density at radius 1 is 1.29 bits per heavy atom. The third-order valence-corrected chi connectivity index (χ3v) is 5.83. The van der Waals surface area contributed by atoms with Crippen LogP contribution in [-0.4, -0.2) is 24.6 Å². The van der Waals surface area contributed by atoms with Gasteiger partial charge in [-0.3, -0.25) is 4.72 Å². The zero-order valence-electron chi connectivity index (χ0n) is 11.0. The highest BCUT2D eigenvalue weighted by Crippen LogP contribution is 2.29. The molecule has 21 heavy (non-hydrogen) atoms. The minimum Gasteiger partial charge on any atom is -0.506 e. The maximum atomic E-state index is 12.2. The number of phenols is 1. The molecule has 2 aromatic rings. The number of hydrogen-bond acceptors (Lipinski definition) is 5. The monoisotopic (exact) mass is 327 g/mol. The molecule has 0 atom stereocenters. The van der Waals surface area contributed by atoms with Gasteiger partial charge < -0.3 is 10.2 Å². The maximum Gasteiger partial charge on any atom is 0.335 e. The second-order valence-electron chi connectivity index (χ2n) is 4.22. The summed E-state index contributed by atoms with van der Waals surface area (Å²) in [5.41, 5.74) is -0.285. The molecule has 0 aliphatic carbocycles. The predicted octanol–water partition coefficient (Wildman–Crippen LogP) is 2.52. The van der Waals surface area contributed by atoms with E-state index in [1.807, 2.05) is 6.92 Å². The van der Waals surface area contributed by atoms with E-state index in [9.17, 15) is 18.3 Å². The number of rotatable bonds is 5. The first-order valence-corrected chi connectivity index (χ1v) is 8.31. The molecule has 8 heteroatoms. The zero-order chi connectivity index (χ0) is 15.6. The molecule has 6 nitrogen and oxygen atoms in total. The summed E-state index contributed by atoms with van der Waals surface area (Å²) in [6, 6.07) is 6.59. The van der Waals surface area contributed by atoms with Gasteiger partial charge in [0.25, 0.3) is 10.0 Å². The van der Waals surface area contributed by atoms with Crippen LogP contribution in [0.1, 0.15) is 22.2 Å². The number of phenolic OH excluding ortho intramolecular Hbond substituents is 1. The molecule has 0 saturated heterocycles. The smallest absolute Gasteiger partial charge is 0.335 e. The Hall–Kier alpha value is -2.06. The van der Waals surface area contributed by atoms with Gasteiger partial charge in [-0.25, -0.2) is 13.2 Å². The zero-order valence-corrected chi connectivity index (χ0v) is 12.7. The van der Waals surface area contributed by atoms with Gasteiger partial charge in [0.2, 0.25) is 0 Å². The first-order chi connectivity index (χ1) is 9.83. The summed E-state index contributed by atoms with van der Waals surface area (Å²) in [5.74, 6) is -1.55. The van der Waals surface area contributed by atoms with Gasteiger partial charge in [-0.2, -0.15) is 0 Å². The Bertz CT molecular complexity index is 780. The molecule has 1 heterocycles. The molecule has 112 valence electrons. The van der Waals surface area contributed by atoms with Crippen LogP contribution in [0, 0.1) is 0 Å². The van der Waals surface area contributed by atoms with Gasteiger partial charge in [-0.1, -0.05) is 6.92 Å². The van der Waals surface area contributed by atoms with Crippen LogP contribution in [0.15, 0.2) is 34.5 Å². The Labute approximate surface area is 125 Å². The number of aromatic carboxylic acids is 1. The second-order valence-corrected chi connectivity index (χ2v) is 7.29. The van der Waals surface area contributed by atoms with Crippen molar-refractivity contribution in [2.45, 2.75) is 17.6 Å². The molecule has 3 N–H and O–H groups in total. The van der Waals surface area contributed by atoms with Gasteiger partial charge in [0.1, 0.15) is 9.96 Å². The van der Waals surface area contributed by atoms with Crippen molar-refractivity contribution in [1.82, 2.24) is 0 Å². The lowest BCUT2D eigenvalue weighted by atomic mass is 10.2. The topological polar surface area (TPSA) is 104 Å². The van der Waals surface area contributed by atoms with E-state index in [0.29, 0.717) is 0 Å². The van der Waals surface area contributed by atoms with E-state index in [1.54, 1.807) is 6.07 Å². The number of thiophene rings is 1. The number of anilines is 1. The highest BCUT2D eigenvalue weighted by molar-refractivity contribution is 7.94. The van der Waals surface area contributed by atoms with Crippen molar-refractivity contribution in [3.63, 3.8) is 0 Å². The summed E-state index contributed by atoms with van der Waals surface area (Å²) >= 11 is 1.13. The summed E-state index contributed by atoms with van der Waals surface area (Å²) in [6.07, 6.45) is 0.722. The number of nitrogens with one attached hydrogen (secondary N) is 1. The van der Waals surface area contributed by atoms with E-state index >= 15 is 0 Å². The molecular formula is C13H13NO5S2. The predicted molar refractivity (Wildman–Crippen MR) is 79.6 cm³/mol. The van der Waals surface area contributed by atoms with Gasteiger partial charge in [0.15, 0.2) is 0 Å². The van der Waals surface area contributed by atoms with E-state index < -0.39 is 16.0 Å². The van der Waals surface area contributed by atoms with Crippen LogP contribution in [0.4, 0.5) is 5.69 Å². The van der Waals surface area contributed by atoms with Crippen molar-refractivity contribution >= 4 is 33.0 Å². The molecule has 1 aromatic heterocycles. The highest BCUT2D eigenvalue weighted by Gasteiger charge is 2.19. The summed E-state index contributed by atoms with van der Waals surface area (Å²) < 4.78 is 26.7. The SMILES string of the molecule is CCc1ccc(S(=O)(=O)Nc2cc(C(=O)O)ccc2O)s1. The molecular weight excluding hydrogens is 314 g/mol. The maximum absolute atomic E-state index is 12.2. The molecule has 1 aromatic carbocycles. The fourth-order valence-electron chi connectivity index (χ4n) is 1.64. The van der Waals surface area contributed by atoms with Gasteiger partial charge in [-0.15, -0.1) is 11.3 Å². The van der Waals surface area contributed by atoms with Crippen LogP contribution in [0.2, 0.25) is 0 Å².